The summed E-state index contributed by atoms with van der Waals surface area (Å²) in [6.07, 6.45) is 0.818. The molecule has 0 spiro atoms. The van der Waals surface area contributed by atoms with Gasteiger partial charge in [0, 0.05) is 40.6 Å². The van der Waals surface area contributed by atoms with Crippen molar-refractivity contribution < 1.29 is 18.8 Å². The summed E-state index contributed by atoms with van der Waals surface area (Å²) in [6, 6.07) is 12.2. The molecule has 3 aromatic rings. The topological polar surface area (TPSA) is 72.6 Å². The second kappa shape index (κ2) is 9.12. The summed E-state index contributed by atoms with van der Waals surface area (Å²) in [5.41, 5.74) is 3.03. The zero-order valence-electron chi connectivity index (χ0n) is 16.9. The van der Waals surface area contributed by atoms with Gasteiger partial charge in [-0.15, -0.1) is 0 Å². The van der Waals surface area contributed by atoms with Gasteiger partial charge in [0.25, 0.3) is 0 Å². The zero-order valence-corrected chi connectivity index (χ0v) is 18.4. The molecule has 1 aliphatic heterocycles. The Hall–Kier alpha value is -2.83. The van der Waals surface area contributed by atoms with Crippen LogP contribution < -0.4 is 4.74 Å². The molecule has 2 aromatic carbocycles. The number of carbonyl (C=O) groups is 2. The lowest BCUT2D eigenvalue weighted by Crippen LogP contribution is -2.36. The molecular weight excluding hydrogens is 439 g/mol. The van der Waals surface area contributed by atoms with E-state index in [1.54, 1.807) is 35.2 Å². The van der Waals surface area contributed by atoms with Gasteiger partial charge >= 0.3 is 0 Å². The van der Waals surface area contributed by atoms with Crippen LogP contribution in [0.2, 0.25) is 10.0 Å². The Morgan fingerprint density at radius 1 is 1.10 bits per heavy atom. The first-order valence-electron chi connectivity index (χ1n) is 9.84. The summed E-state index contributed by atoms with van der Waals surface area (Å²) in [6.45, 7) is 0.905. The van der Waals surface area contributed by atoms with Crippen molar-refractivity contribution in [3.05, 3.63) is 69.3 Å². The van der Waals surface area contributed by atoms with Crippen LogP contribution in [-0.4, -0.2) is 35.4 Å². The molecule has 0 radical (unpaired) electrons. The third-order valence-corrected chi connectivity index (χ3v) is 5.82. The third-order valence-electron chi connectivity index (χ3n) is 5.33. The number of methoxy groups -OCH3 is 1. The smallest absolute Gasteiger partial charge is 0.223 e. The zero-order chi connectivity index (χ0) is 22.0. The normalized spacial score (nSPS) is 13.1. The number of halogens is 2. The number of carbonyl (C=O) groups excluding carboxylic acids is 2. The third kappa shape index (κ3) is 4.60. The van der Waals surface area contributed by atoms with E-state index >= 15 is 0 Å². The Morgan fingerprint density at radius 3 is 2.58 bits per heavy atom. The lowest BCUT2D eigenvalue weighted by atomic mass is 10.00. The van der Waals surface area contributed by atoms with Crippen molar-refractivity contribution in [2.45, 2.75) is 25.8 Å². The highest BCUT2D eigenvalue weighted by atomic mass is 35.5. The Labute approximate surface area is 189 Å². The molecular formula is C23H20Cl2N2O4. The fourth-order valence-corrected chi connectivity index (χ4v) is 3.98. The van der Waals surface area contributed by atoms with Gasteiger partial charge in [0.05, 0.1) is 19.2 Å². The number of rotatable bonds is 6. The number of ketones is 1. The molecule has 1 amide bonds. The van der Waals surface area contributed by atoms with Crippen molar-refractivity contribution >= 4 is 34.9 Å². The lowest BCUT2D eigenvalue weighted by Gasteiger charge is -2.26. The Bertz CT molecular complexity index is 1130. The SMILES string of the molecule is COc1ccc(Cl)cc1C(=O)CCC(=O)N1CCc2c(noc2-c2ccc(Cl)cc2)C1. The predicted octanol–water partition coefficient (Wildman–Crippen LogP) is 5.20. The van der Waals surface area contributed by atoms with Crippen LogP contribution in [0.1, 0.15) is 34.5 Å². The predicted molar refractivity (Wildman–Crippen MR) is 118 cm³/mol. The van der Waals surface area contributed by atoms with Crippen molar-refractivity contribution in [1.29, 1.82) is 0 Å². The van der Waals surface area contributed by atoms with Crippen LogP contribution in [0, 0.1) is 0 Å². The summed E-state index contributed by atoms with van der Waals surface area (Å²) >= 11 is 12.0. The molecule has 6 nitrogen and oxygen atoms in total. The van der Waals surface area contributed by atoms with Crippen LogP contribution in [-0.2, 0) is 17.8 Å². The van der Waals surface area contributed by atoms with Gasteiger partial charge in [-0.25, -0.2) is 0 Å². The molecule has 2 heterocycles. The maximum atomic E-state index is 12.7. The monoisotopic (exact) mass is 458 g/mol. The van der Waals surface area contributed by atoms with E-state index in [0.29, 0.717) is 46.6 Å². The van der Waals surface area contributed by atoms with Crippen LogP contribution in [0.25, 0.3) is 11.3 Å². The van der Waals surface area contributed by atoms with Crippen molar-refractivity contribution in [2.24, 2.45) is 0 Å². The molecule has 0 N–H and O–H groups in total. The number of nitrogens with zero attached hydrogens (tertiary/aromatic N) is 2. The van der Waals surface area contributed by atoms with Crippen LogP contribution in [0.5, 0.6) is 5.75 Å². The summed E-state index contributed by atoms with van der Waals surface area (Å²) in [5, 5.41) is 5.26. The van der Waals surface area contributed by atoms with Crippen LogP contribution >= 0.6 is 23.2 Å². The average Bonchev–Trinajstić information content (AvgIpc) is 3.21. The molecule has 0 aliphatic carbocycles. The molecule has 0 fully saturated rings. The summed E-state index contributed by atoms with van der Waals surface area (Å²) in [7, 11) is 1.49. The van der Waals surface area contributed by atoms with Crippen LogP contribution in [0.15, 0.2) is 47.0 Å². The van der Waals surface area contributed by atoms with Crippen LogP contribution in [0.4, 0.5) is 0 Å². The molecule has 0 bridgehead atoms. The molecule has 0 unspecified atom stereocenters. The van der Waals surface area contributed by atoms with Gasteiger partial charge in [-0.3, -0.25) is 9.59 Å². The van der Waals surface area contributed by atoms with E-state index in [4.69, 9.17) is 32.5 Å². The van der Waals surface area contributed by atoms with E-state index in [1.165, 1.54) is 7.11 Å². The second-order valence-corrected chi connectivity index (χ2v) is 8.15. The quantitative estimate of drug-likeness (QED) is 0.474. The van der Waals surface area contributed by atoms with E-state index in [2.05, 4.69) is 5.16 Å². The lowest BCUT2D eigenvalue weighted by molar-refractivity contribution is -0.132. The number of ether oxygens (including phenoxy) is 1. The molecule has 31 heavy (non-hydrogen) atoms. The molecule has 0 saturated heterocycles. The summed E-state index contributed by atoms with van der Waals surface area (Å²) < 4.78 is 10.8. The number of amides is 1. The minimum Gasteiger partial charge on any atom is -0.496 e. The Kier molecular flexibility index (Phi) is 6.30. The van der Waals surface area contributed by atoms with E-state index in [9.17, 15) is 9.59 Å². The van der Waals surface area contributed by atoms with Crippen molar-refractivity contribution in [2.75, 3.05) is 13.7 Å². The number of Topliss-reactive ketones (excluding diaryl/α,β-unsaturated/α-hetero) is 1. The number of aromatic nitrogens is 1. The van der Waals surface area contributed by atoms with E-state index in [-0.39, 0.29) is 24.5 Å². The number of hydrogen-bond donors (Lipinski definition) is 0. The van der Waals surface area contributed by atoms with Gasteiger partial charge in [-0.2, -0.15) is 0 Å². The highest BCUT2D eigenvalue weighted by Gasteiger charge is 2.27. The van der Waals surface area contributed by atoms with Crippen molar-refractivity contribution in [3.8, 4) is 17.1 Å². The van der Waals surface area contributed by atoms with Gasteiger partial charge in [0.2, 0.25) is 5.91 Å². The highest BCUT2D eigenvalue weighted by Crippen LogP contribution is 2.31. The maximum absolute atomic E-state index is 12.7. The highest BCUT2D eigenvalue weighted by molar-refractivity contribution is 6.31. The Balaban J connectivity index is 1.40. The van der Waals surface area contributed by atoms with E-state index in [0.717, 1.165) is 16.8 Å². The van der Waals surface area contributed by atoms with Gasteiger partial charge in [0.15, 0.2) is 11.5 Å². The minimum atomic E-state index is -0.183. The first-order chi connectivity index (χ1) is 15.0. The van der Waals surface area contributed by atoms with Gasteiger partial charge < -0.3 is 14.2 Å². The molecule has 0 atom stereocenters. The molecule has 160 valence electrons. The summed E-state index contributed by atoms with van der Waals surface area (Å²) in [4.78, 5) is 27.0. The fraction of sp³-hybridized carbons (Fsp3) is 0.261. The Morgan fingerprint density at radius 2 is 1.84 bits per heavy atom. The number of hydrogen-bond acceptors (Lipinski definition) is 5. The van der Waals surface area contributed by atoms with Gasteiger partial charge in [0.1, 0.15) is 11.4 Å². The average molecular weight is 459 g/mol. The molecule has 0 saturated carbocycles. The first-order valence-corrected chi connectivity index (χ1v) is 10.6. The largest absolute Gasteiger partial charge is 0.496 e. The molecule has 1 aliphatic rings. The molecule has 1 aromatic heterocycles. The van der Waals surface area contributed by atoms with Crippen LogP contribution in [0.3, 0.4) is 0 Å². The summed E-state index contributed by atoms with van der Waals surface area (Å²) in [5.74, 6) is 0.872. The minimum absolute atomic E-state index is 0.0771. The standard InChI is InChI=1S/C23H20Cl2N2O4/c1-30-21-8-6-16(25)12-18(21)20(28)7-9-22(29)27-11-10-17-19(13-27)26-31-23(17)14-2-4-15(24)5-3-14/h2-6,8,12H,7,9-11,13H2,1H3. The fourth-order valence-electron chi connectivity index (χ4n) is 3.68. The molecule has 8 heteroatoms. The number of benzene rings is 2. The van der Waals surface area contributed by atoms with Crippen molar-refractivity contribution in [3.63, 3.8) is 0 Å². The number of fused-ring (bicyclic) bond motifs is 1. The van der Waals surface area contributed by atoms with Gasteiger partial charge in [-0.1, -0.05) is 28.4 Å². The molecule has 4 rings (SSSR count). The van der Waals surface area contributed by atoms with E-state index < -0.39 is 0 Å². The first kappa shape index (κ1) is 21.4. The van der Waals surface area contributed by atoms with Crippen molar-refractivity contribution in [1.82, 2.24) is 10.1 Å². The second-order valence-electron chi connectivity index (χ2n) is 7.28. The van der Waals surface area contributed by atoms with Gasteiger partial charge in [-0.05, 0) is 48.9 Å². The maximum Gasteiger partial charge on any atom is 0.223 e. The van der Waals surface area contributed by atoms with E-state index in [1.807, 2.05) is 12.1 Å².